The lowest BCUT2D eigenvalue weighted by Gasteiger charge is -2.37. The van der Waals surface area contributed by atoms with Crippen LogP contribution in [0.25, 0.3) is 0 Å². The molecule has 0 saturated heterocycles. The van der Waals surface area contributed by atoms with Crippen LogP contribution in [0.5, 0.6) is 5.75 Å². The van der Waals surface area contributed by atoms with E-state index >= 15 is 0 Å². The highest BCUT2D eigenvalue weighted by Crippen LogP contribution is 2.34. The first-order valence-corrected chi connectivity index (χ1v) is 6.43. The van der Waals surface area contributed by atoms with Gasteiger partial charge in [0.25, 0.3) is 0 Å². The van der Waals surface area contributed by atoms with E-state index in [1.54, 1.807) is 0 Å². The summed E-state index contributed by atoms with van der Waals surface area (Å²) in [6.07, 6.45) is -0.555. The molecule has 0 fully saturated rings. The summed E-state index contributed by atoms with van der Waals surface area (Å²) >= 11 is 0. The summed E-state index contributed by atoms with van der Waals surface area (Å²) in [5.41, 5.74) is 1.96. The molecule has 1 heterocycles. The fourth-order valence-electron chi connectivity index (χ4n) is 2.50. The van der Waals surface area contributed by atoms with Crippen LogP contribution in [0, 0.1) is 6.92 Å². The van der Waals surface area contributed by atoms with E-state index in [0.717, 1.165) is 23.4 Å². The standard InChI is InChI=1S/C14H21NO3/c1-3-15(6-7-16)12-9-18-13-5-4-10(2)8-11(13)14(12)17/h4-5,8,12,14,16-17H,3,6-7,9H2,1-2H3. The molecule has 4 heteroatoms. The minimum absolute atomic E-state index is 0.0866. The Labute approximate surface area is 108 Å². The van der Waals surface area contributed by atoms with Gasteiger partial charge in [-0.3, -0.25) is 4.90 Å². The lowest BCUT2D eigenvalue weighted by atomic mass is 9.96. The van der Waals surface area contributed by atoms with Gasteiger partial charge < -0.3 is 14.9 Å². The molecule has 0 spiro atoms. The van der Waals surface area contributed by atoms with Gasteiger partial charge in [0.05, 0.1) is 12.6 Å². The van der Waals surface area contributed by atoms with Crippen LogP contribution in [-0.4, -0.2) is 47.5 Å². The maximum atomic E-state index is 10.5. The molecule has 0 radical (unpaired) electrons. The van der Waals surface area contributed by atoms with Gasteiger partial charge in [0.1, 0.15) is 18.5 Å². The Kier molecular flexibility index (Phi) is 4.22. The molecule has 4 nitrogen and oxygen atoms in total. The Bertz CT molecular complexity index is 408. The second kappa shape index (κ2) is 5.69. The summed E-state index contributed by atoms with van der Waals surface area (Å²) in [5.74, 6) is 0.768. The Hall–Kier alpha value is -1.10. The summed E-state index contributed by atoms with van der Waals surface area (Å²) in [6.45, 7) is 5.92. The number of aliphatic hydroxyl groups excluding tert-OH is 2. The summed E-state index contributed by atoms with van der Waals surface area (Å²) in [6, 6.07) is 5.78. The van der Waals surface area contributed by atoms with Crippen LogP contribution >= 0.6 is 0 Å². The van der Waals surface area contributed by atoms with Crippen LogP contribution in [0.2, 0.25) is 0 Å². The SMILES string of the molecule is CCN(CCO)C1COc2ccc(C)cc2C1O. The fraction of sp³-hybridized carbons (Fsp3) is 0.571. The Morgan fingerprint density at radius 3 is 2.89 bits per heavy atom. The highest BCUT2D eigenvalue weighted by Gasteiger charge is 2.32. The molecule has 0 aliphatic carbocycles. The van der Waals surface area contributed by atoms with Crippen molar-refractivity contribution in [3.63, 3.8) is 0 Å². The van der Waals surface area contributed by atoms with Crippen molar-refractivity contribution >= 4 is 0 Å². The van der Waals surface area contributed by atoms with Gasteiger partial charge in [-0.05, 0) is 25.6 Å². The van der Waals surface area contributed by atoms with Crippen molar-refractivity contribution in [2.45, 2.75) is 26.0 Å². The summed E-state index contributed by atoms with van der Waals surface area (Å²) in [7, 11) is 0. The zero-order chi connectivity index (χ0) is 13.1. The van der Waals surface area contributed by atoms with Gasteiger partial charge in [0.2, 0.25) is 0 Å². The van der Waals surface area contributed by atoms with Gasteiger partial charge in [0.15, 0.2) is 0 Å². The first-order valence-electron chi connectivity index (χ1n) is 6.43. The molecule has 1 aromatic rings. The van der Waals surface area contributed by atoms with Gasteiger partial charge in [-0.15, -0.1) is 0 Å². The number of aliphatic hydroxyl groups is 2. The van der Waals surface area contributed by atoms with Crippen molar-refractivity contribution in [1.29, 1.82) is 0 Å². The number of aryl methyl sites for hydroxylation is 1. The van der Waals surface area contributed by atoms with Crippen molar-refractivity contribution < 1.29 is 14.9 Å². The van der Waals surface area contributed by atoms with E-state index in [-0.39, 0.29) is 12.6 Å². The van der Waals surface area contributed by atoms with Crippen LogP contribution in [0.1, 0.15) is 24.2 Å². The molecule has 1 aliphatic rings. The van der Waals surface area contributed by atoms with Gasteiger partial charge in [0, 0.05) is 12.1 Å². The average molecular weight is 251 g/mol. The second-order valence-corrected chi connectivity index (χ2v) is 4.72. The zero-order valence-corrected chi connectivity index (χ0v) is 11.0. The van der Waals surface area contributed by atoms with Crippen molar-refractivity contribution in [2.75, 3.05) is 26.3 Å². The number of ether oxygens (including phenoxy) is 1. The molecule has 1 aliphatic heterocycles. The summed E-state index contributed by atoms with van der Waals surface area (Å²) < 4.78 is 5.71. The Morgan fingerprint density at radius 1 is 1.44 bits per heavy atom. The molecular formula is C14H21NO3. The maximum Gasteiger partial charge on any atom is 0.125 e. The summed E-state index contributed by atoms with van der Waals surface area (Å²) in [5, 5.41) is 19.5. The average Bonchev–Trinajstić information content (AvgIpc) is 2.38. The number of rotatable bonds is 4. The predicted molar refractivity (Wildman–Crippen MR) is 69.8 cm³/mol. The highest BCUT2D eigenvalue weighted by atomic mass is 16.5. The van der Waals surface area contributed by atoms with E-state index in [9.17, 15) is 5.11 Å². The third-order valence-corrected chi connectivity index (χ3v) is 3.52. The van der Waals surface area contributed by atoms with Crippen LogP contribution < -0.4 is 4.74 Å². The van der Waals surface area contributed by atoms with E-state index in [1.165, 1.54) is 0 Å². The minimum atomic E-state index is -0.555. The number of hydrogen-bond acceptors (Lipinski definition) is 4. The van der Waals surface area contributed by atoms with Crippen molar-refractivity contribution in [2.24, 2.45) is 0 Å². The molecule has 2 N–H and O–H groups in total. The van der Waals surface area contributed by atoms with Gasteiger partial charge >= 0.3 is 0 Å². The normalized spacial score (nSPS) is 22.7. The van der Waals surface area contributed by atoms with Gasteiger partial charge in [-0.25, -0.2) is 0 Å². The van der Waals surface area contributed by atoms with E-state index in [0.29, 0.717) is 13.2 Å². The van der Waals surface area contributed by atoms with Crippen molar-refractivity contribution in [3.8, 4) is 5.75 Å². The Morgan fingerprint density at radius 2 is 2.22 bits per heavy atom. The number of hydrogen-bond donors (Lipinski definition) is 2. The van der Waals surface area contributed by atoms with Crippen molar-refractivity contribution in [1.82, 2.24) is 4.90 Å². The smallest absolute Gasteiger partial charge is 0.125 e. The quantitative estimate of drug-likeness (QED) is 0.841. The third kappa shape index (κ3) is 2.51. The maximum absolute atomic E-state index is 10.5. The first kappa shape index (κ1) is 13.3. The van der Waals surface area contributed by atoms with Crippen LogP contribution in [0.15, 0.2) is 18.2 Å². The van der Waals surface area contributed by atoms with Gasteiger partial charge in [-0.2, -0.15) is 0 Å². The van der Waals surface area contributed by atoms with E-state index in [2.05, 4.69) is 4.90 Å². The molecular weight excluding hydrogens is 230 g/mol. The predicted octanol–water partition coefficient (Wildman–Crippen LogP) is 1.10. The number of fused-ring (bicyclic) bond motifs is 1. The molecule has 2 rings (SSSR count). The van der Waals surface area contributed by atoms with Crippen LogP contribution in [0.4, 0.5) is 0 Å². The number of benzene rings is 1. The lowest BCUT2D eigenvalue weighted by Crippen LogP contribution is -2.47. The molecule has 0 amide bonds. The molecule has 0 bridgehead atoms. The lowest BCUT2D eigenvalue weighted by molar-refractivity contribution is -0.000392. The van der Waals surface area contributed by atoms with E-state index < -0.39 is 6.10 Å². The highest BCUT2D eigenvalue weighted by molar-refractivity contribution is 5.40. The van der Waals surface area contributed by atoms with E-state index in [4.69, 9.17) is 9.84 Å². The molecule has 2 atom stereocenters. The topological polar surface area (TPSA) is 52.9 Å². The zero-order valence-electron chi connectivity index (χ0n) is 11.0. The Balaban J connectivity index is 2.23. The minimum Gasteiger partial charge on any atom is -0.491 e. The van der Waals surface area contributed by atoms with Crippen LogP contribution in [-0.2, 0) is 0 Å². The molecule has 0 aromatic heterocycles. The second-order valence-electron chi connectivity index (χ2n) is 4.72. The molecule has 18 heavy (non-hydrogen) atoms. The fourth-order valence-corrected chi connectivity index (χ4v) is 2.50. The molecule has 1 aromatic carbocycles. The van der Waals surface area contributed by atoms with E-state index in [1.807, 2.05) is 32.0 Å². The molecule has 0 saturated carbocycles. The molecule has 2 unspecified atom stereocenters. The molecule has 100 valence electrons. The number of nitrogens with zero attached hydrogens (tertiary/aromatic N) is 1. The third-order valence-electron chi connectivity index (χ3n) is 3.52. The largest absolute Gasteiger partial charge is 0.491 e. The first-order chi connectivity index (χ1) is 8.67. The monoisotopic (exact) mass is 251 g/mol. The van der Waals surface area contributed by atoms with Gasteiger partial charge in [-0.1, -0.05) is 18.6 Å². The van der Waals surface area contributed by atoms with Crippen molar-refractivity contribution in [3.05, 3.63) is 29.3 Å². The summed E-state index contributed by atoms with van der Waals surface area (Å²) in [4.78, 5) is 2.05. The van der Waals surface area contributed by atoms with Crippen LogP contribution in [0.3, 0.4) is 0 Å². The number of likely N-dealkylation sites (N-methyl/N-ethyl adjacent to an activating group) is 1.